The molecule has 0 atom stereocenters. The van der Waals surface area contributed by atoms with Crippen molar-refractivity contribution in [1.29, 1.82) is 0 Å². The maximum Gasteiger partial charge on any atom is 0.332 e. The SMILES string of the molecule is COc1ccc(NC(=O)CSc2nc3c(c(=O)n(C)c(=O)n3C)n2Cc2ccc(F)cc2)cc1. The maximum absolute atomic E-state index is 13.4. The minimum absolute atomic E-state index is 0.0209. The van der Waals surface area contributed by atoms with Gasteiger partial charge in [0.15, 0.2) is 16.3 Å². The number of thioether (sulfide) groups is 1. The molecule has 2 heterocycles. The number of carbonyl (C=O) groups is 1. The molecule has 0 radical (unpaired) electrons. The molecule has 0 saturated heterocycles. The molecule has 9 nitrogen and oxygen atoms in total. The number of nitrogens with zero attached hydrogens (tertiary/aromatic N) is 4. The number of nitrogens with one attached hydrogen (secondary N) is 1. The smallest absolute Gasteiger partial charge is 0.332 e. The number of hydrogen-bond donors (Lipinski definition) is 1. The zero-order chi connectivity index (χ0) is 24.4. The van der Waals surface area contributed by atoms with Crippen molar-refractivity contribution >= 4 is 34.5 Å². The highest BCUT2D eigenvalue weighted by Gasteiger charge is 2.20. The first-order valence-corrected chi connectivity index (χ1v) is 11.2. The van der Waals surface area contributed by atoms with E-state index in [-0.39, 0.29) is 35.2 Å². The van der Waals surface area contributed by atoms with E-state index in [9.17, 15) is 18.8 Å². The second-order valence-corrected chi connectivity index (χ2v) is 8.49. The molecular formula is C23H22FN5O4S. The summed E-state index contributed by atoms with van der Waals surface area (Å²) in [5, 5.41) is 3.19. The molecule has 2 aromatic carbocycles. The molecular weight excluding hydrogens is 461 g/mol. The quantitative estimate of drug-likeness (QED) is 0.405. The zero-order valence-corrected chi connectivity index (χ0v) is 19.6. The monoisotopic (exact) mass is 483 g/mol. The third-order valence-corrected chi connectivity index (χ3v) is 6.25. The highest BCUT2D eigenvalue weighted by atomic mass is 32.2. The Hall–Kier alpha value is -3.86. The number of anilines is 1. The van der Waals surface area contributed by atoms with Crippen LogP contribution in [-0.4, -0.2) is 37.5 Å². The summed E-state index contributed by atoms with van der Waals surface area (Å²) in [5.41, 5.74) is 0.795. The first-order valence-electron chi connectivity index (χ1n) is 10.3. The molecule has 0 unspecified atom stereocenters. The number of halogens is 1. The van der Waals surface area contributed by atoms with Crippen LogP contribution in [0.1, 0.15) is 5.56 Å². The minimum Gasteiger partial charge on any atom is -0.497 e. The summed E-state index contributed by atoms with van der Waals surface area (Å²) in [6, 6.07) is 12.8. The second kappa shape index (κ2) is 9.56. The molecule has 0 spiro atoms. The van der Waals surface area contributed by atoms with E-state index in [1.807, 2.05) is 0 Å². The van der Waals surface area contributed by atoms with Crippen LogP contribution in [0.4, 0.5) is 10.1 Å². The van der Waals surface area contributed by atoms with Crippen LogP contribution < -0.4 is 21.3 Å². The van der Waals surface area contributed by atoms with E-state index in [4.69, 9.17) is 4.74 Å². The molecule has 0 bridgehead atoms. The summed E-state index contributed by atoms with van der Waals surface area (Å²) in [5.74, 6) is 0.0568. The first-order chi connectivity index (χ1) is 16.3. The fraction of sp³-hybridized carbons (Fsp3) is 0.217. The molecule has 176 valence electrons. The summed E-state index contributed by atoms with van der Waals surface area (Å²) >= 11 is 1.14. The van der Waals surface area contributed by atoms with Crippen LogP contribution >= 0.6 is 11.8 Å². The molecule has 0 aliphatic rings. The number of imidazole rings is 1. The number of ether oxygens (including phenoxy) is 1. The minimum atomic E-state index is -0.502. The van der Waals surface area contributed by atoms with Crippen LogP contribution in [0.25, 0.3) is 11.2 Å². The van der Waals surface area contributed by atoms with Gasteiger partial charge in [0.1, 0.15) is 11.6 Å². The van der Waals surface area contributed by atoms with Gasteiger partial charge in [-0.25, -0.2) is 14.2 Å². The number of amides is 1. The lowest BCUT2D eigenvalue weighted by molar-refractivity contribution is -0.113. The van der Waals surface area contributed by atoms with Crippen LogP contribution in [0.3, 0.4) is 0 Å². The molecule has 0 fully saturated rings. The lowest BCUT2D eigenvalue weighted by Crippen LogP contribution is -2.37. The molecule has 1 N–H and O–H groups in total. The van der Waals surface area contributed by atoms with Gasteiger partial charge in [0.05, 0.1) is 19.4 Å². The van der Waals surface area contributed by atoms with Crippen LogP contribution in [0.15, 0.2) is 63.3 Å². The van der Waals surface area contributed by atoms with E-state index in [0.717, 1.165) is 21.9 Å². The number of rotatable bonds is 7. The molecule has 11 heteroatoms. The Labute approximate surface area is 197 Å². The summed E-state index contributed by atoms with van der Waals surface area (Å²) in [6.07, 6.45) is 0. The number of fused-ring (bicyclic) bond motifs is 1. The molecule has 34 heavy (non-hydrogen) atoms. The zero-order valence-electron chi connectivity index (χ0n) is 18.7. The summed E-state index contributed by atoms with van der Waals surface area (Å²) in [4.78, 5) is 42.4. The molecule has 0 saturated carbocycles. The van der Waals surface area contributed by atoms with Crippen molar-refractivity contribution in [2.45, 2.75) is 11.7 Å². The van der Waals surface area contributed by atoms with Gasteiger partial charge in [-0.15, -0.1) is 0 Å². The fourth-order valence-corrected chi connectivity index (χ4v) is 4.25. The van der Waals surface area contributed by atoms with Gasteiger partial charge in [0, 0.05) is 19.8 Å². The van der Waals surface area contributed by atoms with Gasteiger partial charge in [0.25, 0.3) is 5.56 Å². The second-order valence-electron chi connectivity index (χ2n) is 7.55. The molecule has 0 aliphatic carbocycles. The van der Waals surface area contributed by atoms with Crippen molar-refractivity contribution in [3.63, 3.8) is 0 Å². The summed E-state index contributed by atoms with van der Waals surface area (Å²) in [6.45, 7) is 0.215. The summed E-state index contributed by atoms with van der Waals surface area (Å²) < 4.78 is 22.4. The lowest BCUT2D eigenvalue weighted by Gasteiger charge is -2.10. The van der Waals surface area contributed by atoms with E-state index in [1.54, 1.807) is 48.1 Å². The average Bonchev–Trinajstić information content (AvgIpc) is 3.20. The predicted octanol–water partition coefficient (Wildman–Crippen LogP) is 2.36. The van der Waals surface area contributed by atoms with Crippen molar-refractivity contribution < 1.29 is 13.9 Å². The molecule has 4 aromatic rings. The average molecular weight is 484 g/mol. The number of carbonyl (C=O) groups excluding carboxylic acids is 1. The number of methoxy groups -OCH3 is 1. The van der Waals surface area contributed by atoms with Crippen molar-refractivity contribution in [3.8, 4) is 5.75 Å². The standard InChI is InChI=1S/C23H22FN5O4S/c1-27-20-19(21(31)28(2)23(27)32)29(12-14-4-6-15(24)7-5-14)22(26-20)34-13-18(30)25-16-8-10-17(33-3)11-9-16/h4-11H,12-13H2,1-3H3,(H,25,30). The van der Waals surface area contributed by atoms with Crippen molar-refractivity contribution in [3.05, 3.63) is 80.7 Å². The van der Waals surface area contributed by atoms with Gasteiger partial charge in [-0.1, -0.05) is 23.9 Å². The Morgan fingerprint density at radius 3 is 2.38 bits per heavy atom. The number of aryl methyl sites for hydroxylation is 1. The Morgan fingerprint density at radius 2 is 1.74 bits per heavy atom. The Bertz CT molecular complexity index is 1470. The van der Waals surface area contributed by atoms with E-state index in [1.165, 1.54) is 30.8 Å². The number of benzene rings is 2. The van der Waals surface area contributed by atoms with Crippen LogP contribution in [-0.2, 0) is 25.4 Å². The Balaban J connectivity index is 1.66. The van der Waals surface area contributed by atoms with Gasteiger partial charge in [-0.05, 0) is 42.0 Å². The highest BCUT2D eigenvalue weighted by Crippen LogP contribution is 2.24. The van der Waals surface area contributed by atoms with E-state index < -0.39 is 11.2 Å². The number of hydrogen-bond acceptors (Lipinski definition) is 6. The third kappa shape index (κ3) is 4.60. The van der Waals surface area contributed by atoms with Crippen LogP contribution in [0.2, 0.25) is 0 Å². The lowest BCUT2D eigenvalue weighted by atomic mass is 10.2. The van der Waals surface area contributed by atoms with E-state index >= 15 is 0 Å². The molecule has 2 aromatic heterocycles. The van der Waals surface area contributed by atoms with Gasteiger partial charge < -0.3 is 14.6 Å². The molecule has 4 rings (SSSR count). The first kappa shape index (κ1) is 23.3. The van der Waals surface area contributed by atoms with Gasteiger partial charge in [-0.2, -0.15) is 0 Å². The molecule has 0 aliphatic heterocycles. The number of aromatic nitrogens is 4. The van der Waals surface area contributed by atoms with Crippen molar-refractivity contribution in [2.24, 2.45) is 14.1 Å². The van der Waals surface area contributed by atoms with Crippen LogP contribution in [0, 0.1) is 5.82 Å². The Kier molecular flexibility index (Phi) is 6.55. The normalized spacial score (nSPS) is 11.1. The maximum atomic E-state index is 13.4. The van der Waals surface area contributed by atoms with Gasteiger partial charge in [0.2, 0.25) is 5.91 Å². The topological polar surface area (TPSA) is 100 Å². The van der Waals surface area contributed by atoms with E-state index in [2.05, 4.69) is 10.3 Å². The largest absolute Gasteiger partial charge is 0.497 e. The summed E-state index contributed by atoms with van der Waals surface area (Å²) in [7, 11) is 4.49. The van der Waals surface area contributed by atoms with Crippen molar-refractivity contribution in [1.82, 2.24) is 18.7 Å². The van der Waals surface area contributed by atoms with E-state index in [0.29, 0.717) is 16.6 Å². The fourth-order valence-electron chi connectivity index (χ4n) is 3.46. The van der Waals surface area contributed by atoms with Crippen molar-refractivity contribution in [2.75, 3.05) is 18.2 Å². The van der Waals surface area contributed by atoms with Crippen LogP contribution in [0.5, 0.6) is 5.75 Å². The van der Waals surface area contributed by atoms with Gasteiger partial charge in [-0.3, -0.25) is 18.7 Å². The highest BCUT2D eigenvalue weighted by molar-refractivity contribution is 7.99. The van der Waals surface area contributed by atoms with Gasteiger partial charge >= 0.3 is 5.69 Å². The molecule has 1 amide bonds. The predicted molar refractivity (Wildman–Crippen MR) is 128 cm³/mol. The third-order valence-electron chi connectivity index (χ3n) is 5.27. The Morgan fingerprint density at radius 1 is 1.06 bits per heavy atom.